The predicted octanol–water partition coefficient (Wildman–Crippen LogP) is 5.53. The van der Waals surface area contributed by atoms with E-state index in [2.05, 4.69) is 10.4 Å². The van der Waals surface area contributed by atoms with Crippen molar-refractivity contribution in [2.75, 3.05) is 25.5 Å². The van der Waals surface area contributed by atoms with Crippen LogP contribution in [-0.2, 0) is 4.74 Å². The molecule has 1 saturated heterocycles. The Morgan fingerprint density at radius 3 is 2.32 bits per heavy atom. The average molecular weight is 513 g/mol. The van der Waals surface area contributed by atoms with Crippen molar-refractivity contribution >= 4 is 17.7 Å². The summed E-state index contributed by atoms with van der Waals surface area (Å²) in [5, 5.41) is 7.16. The summed E-state index contributed by atoms with van der Waals surface area (Å²) in [5.41, 5.74) is 0.752. The van der Waals surface area contributed by atoms with Gasteiger partial charge in [-0.3, -0.25) is 4.79 Å². The van der Waals surface area contributed by atoms with Crippen LogP contribution in [-0.4, -0.2) is 52.5 Å². The van der Waals surface area contributed by atoms with Crippen LogP contribution >= 0.6 is 0 Å². The molecule has 1 aliphatic heterocycles. The lowest BCUT2D eigenvalue weighted by molar-refractivity contribution is 0.0203. The third-order valence-electron chi connectivity index (χ3n) is 6.07. The van der Waals surface area contributed by atoms with Crippen LogP contribution in [0.15, 0.2) is 48.7 Å². The molecule has 2 amide bonds. The first kappa shape index (κ1) is 26.1. The fourth-order valence-corrected chi connectivity index (χ4v) is 4.31. The smallest absolute Gasteiger partial charge is 0.410 e. The van der Waals surface area contributed by atoms with Crippen molar-refractivity contribution in [3.63, 3.8) is 0 Å². The van der Waals surface area contributed by atoms with Crippen molar-refractivity contribution in [2.24, 2.45) is 0 Å². The number of nitrogens with one attached hydrogen (secondary N) is 1. The molecule has 0 atom stereocenters. The quantitative estimate of drug-likeness (QED) is 0.486. The lowest BCUT2D eigenvalue weighted by Gasteiger charge is -2.34. The van der Waals surface area contributed by atoms with Gasteiger partial charge in [-0.2, -0.15) is 5.10 Å². The Bertz CT molecular complexity index is 1280. The second kappa shape index (κ2) is 10.6. The third-order valence-corrected chi connectivity index (χ3v) is 6.07. The van der Waals surface area contributed by atoms with E-state index < -0.39 is 29.2 Å². The summed E-state index contributed by atoms with van der Waals surface area (Å²) in [4.78, 5) is 27.5. The molecule has 196 valence electrons. The van der Waals surface area contributed by atoms with E-state index >= 15 is 0 Å². The molecule has 1 aliphatic rings. The van der Waals surface area contributed by atoms with E-state index in [-0.39, 0.29) is 17.2 Å². The zero-order chi connectivity index (χ0) is 26.7. The molecule has 0 radical (unpaired) electrons. The SMILES string of the molecule is COc1ccc(NC(=O)c2cnn(-c3ccc(F)cc3F)c2C2CCN(C(=O)OC(C)(C)C)CC2)cc1. The van der Waals surface area contributed by atoms with Gasteiger partial charge in [0.05, 0.1) is 24.6 Å². The van der Waals surface area contributed by atoms with Gasteiger partial charge in [0.2, 0.25) is 0 Å². The van der Waals surface area contributed by atoms with Crippen molar-refractivity contribution in [1.82, 2.24) is 14.7 Å². The van der Waals surface area contributed by atoms with Crippen LogP contribution in [0.1, 0.15) is 55.6 Å². The number of likely N-dealkylation sites (tertiary alicyclic amines) is 1. The van der Waals surface area contributed by atoms with Crippen LogP contribution in [0.25, 0.3) is 5.69 Å². The Kier molecular flexibility index (Phi) is 7.47. The number of halogens is 2. The minimum atomic E-state index is -0.794. The van der Waals surface area contributed by atoms with E-state index in [0.717, 1.165) is 12.1 Å². The fraction of sp³-hybridized carbons (Fsp3) is 0.370. The molecule has 1 fully saturated rings. The average Bonchev–Trinajstić information content (AvgIpc) is 3.28. The van der Waals surface area contributed by atoms with Gasteiger partial charge in [-0.15, -0.1) is 0 Å². The molecule has 1 aromatic heterocycles. The van der Waals surface area contributed by atoms with Crippen molar-refractivity contribution in [2.45, 2.75) is 45.1 Å². The predicted molar refractivity (Wildman–Crippen MR) is 134 cm³/mol. The first-order valence-electron chi connectivity index (χ1n) is 12.0. The summed E-state index contributed by atoms with van der Waals surface area (Å²) in [6.07, 6.45) is 2.01. The molecule has 8 nitrogen and oxygen atoms in total. The Labute approximate surface area is 214 Å². The normalized spacial score (nSPS) is 14.4. The van der Waals surface area contributed by atoms with Gasteiger partial charge in [0.15, 0.2) is 5.82 Å². The van der Waals surface area contributed by atoms with Gasteiger partial charge in [-0.1, -0.05) is 0 Å². The number of anilines is 1. The van der Waals surface area contributed by atoms with Gasteiger partial charge in [0.1, 0.15) is 22.9 Å². The van der Waals surface area contributed by atoms with E-state index in [4.69, 9.17) is 9.47 Å². The number of piperidine rings is 1. The number of rotatable bonds is 5. The first-order chi connectivity index (χ1) is 17.6. The largest absolute Gasteiger partial charge is 0.497 e. The minimum absolute atomic E-state index is 0.0365. The van der Waals surface area contributed by atoms with Crippen LogP contribution in [0.4, 0.5) is 19.3 Å². The molecule has 2 aromatic carbocycles. The molecule has 37 heavy (non-hydrogen) atoms. The summed E-state index contributed by atoms with van der Waals surface area (Å²) in [6.45, 7) is 6.22. The maximum Gasteiger partial charge on any atom is 0.410 e. The van der Waals surface area contributed by atoms with Gasteiger partial charge in [0.25, 0.3) is 5.91 Å². The first-order valence-corrected chi connectivity index (χ1v) is 12.0. The highest BCUT2D eigenvalue weighted by atomic mass is 19.1. The number of ether oxygens (including phenoxy) is 2. The highest BCUT2D eigenvalue weighted by Crippen LogP contribution is 2.34. The maximum atomic E-state index is 14.8. The summed E-state index contributed by atoms with van der Waals surface area (Å²) in [6, 6.07) is 10.1. The number of amides is 2. The van der Waals surface area contributed by atoms with Crippen LogP contribution in [0, 0.1) is 11.6 Å². The Hall–Kier alpha value is -3.95. The van der Waals surface area contributed by atoms with E-state index in [1.165, 1.54) is 16.9 Å². The molecule has 2 heterocycles. The Morgan fingerprint density at radius 2 is 1.73 bits per heavy atom. The minimum Gasteiger partial charge on any atom is -0.497 e. The zero-order valence-corrected chi connectivity index (χ0v) is 21.3. The third kappa shape index (κ3) is 6.07. The molecular weight excluding hydrogens is 482 g/mol. The second-order valence-corrected chi connectivity index (χ2v) is 9.88. The number of methoxy groups -OCH3 is 1. The van der Waals surface area contributed by atoms with Crippen LogP contribution < -0.4 is 10.1 Å². The van der Waals surface area contributed by atoms with E-state index in [1.54, 1.807) is 57.0 Å². The molecular formula is C27H30F2N4O4. The summed E-state index contributed by atoms with van der Waals surface area (Å²) >= 11 is 0. The van der Waals surface area contributed by atoms with Crippen LogP contribution in [0.3, 0.4) is 0 Å². The van der Waals surface area contributed by atoms with Crippen molar-refractivity contribution in [3.05, 3.63) is 71.6 Å². The lowest BCUT2D eigenvalue weighted by atomic mass is 9.90. The van der Waals surface area contributed by atoms with E-state index in [1.807, 2.05) is 0 Å². The van der Waals surface area contributed by atoms with Gasteiger partial charge in [-0.25, -0.2) is 18.3 Å². The number of carbonyl (C=O) groups is 2. The van der Waals surface area contributed by atoms with Gasteiger partial charge >= 0.3 is 6.09 Å². The van der Waals surface area contributed by atoms with Crippen molar-refractivity contribution in [3.8, 4) is 11.4 Å². The molecule has 1 N–H and O–H groups in total. The van der Waals surface area contributed by atoms with Crippen molar-refractivity contribution < 1.29 is 27.8 Å². The second-order valence-electron chi connectivity index (χ2n) is 9.88. The Morgan fingerprint density at radius 1 is 1.05 bits per heavy atom. The summed E-state index contributed by atoms with van der Waals surface area (Å²) in [5.74, 6) is -1.48. The van der Waals surface area contributed by atoms with E-state index in [0.29, 0.717) is 43.1 Å². The number of hydrogen-bond donors (Lipinski definition) is 1. The lowest BCUT2D eigenvalue weighted by Crippen LogP contribution is -2.41. The van der Waals surface area contributed by atoms with E-state index in [9.17, 15) is 18.4 Å². The maximum absolute atomic E-state index is 14.8. The number of aromatic nitrogens is 2. The molecule has 10 heteroatoms. The summed E-state index contributed by atoms with van der Waals surface area (Å²) < 4.78 is 40.3. The highest BCUT2D eigenvalue weighted by Gasteiger charge is 2.32. The molecule has 0 aliphatic carbocycles. The number of benzene rings is 2. The van der Waals surface area contributed by atoms with Gasteiger partial charge < -0.3 is 19.7 Å². The van der Waals surface area contributed by atoms with Crippen molar-refractivity contribution in [1.29, 1.82) is 0 Å². The molecule has 0 bridgehead atoms. The van der Waals surface area contributed by atoms with Crippen LogP contribution in [0.5, 0.6) is 5.75 Å². The van der Waals surface area contributed by atoms with Gasteiger partial charge in [-0.05, 0) is 70.0 Å². The number of carbonyl (C=O) groups excluding carboxylic acids is 2. The molecule has 0 spiro atoms. The number of nitrogens with zero attached hydrogens (tertiary/aromatic N) is 3. The number of hydrogen-bond acceptors (Lipinski definition) is 5. The van der Waals surface area contributed by atoms with Gasteiger partial charge in [0, 0.05) is 30.8 Å². The standard InChI is InChI=1S/C27H30F2N4O4/c1-27(2,3)37-26(35)32-13-11-17(12-14-32)24-21(25(34)31-19-6-8-20(36-4)9-7-19)16-30-33(24)23-10-5-18(28)15-22(23)29/h5-10,15-17H,11-14H2,1-4H3,(H,31,34). The topological polar surface area (TPSA) is 85.7 Å². The van der Waals surface area contributed by atoms with Crippen LogP contribution in [0.2, 0.25) is 0 Å². The Balaban J connectivity index is 1.63. The molecule has 3 aromatic rings. The zero-order valence-electron chi connectivity index (χ0n) is 21.3. The highest BCUT2D eigenvalue weighted by molar-refractivity contribution is 6.05. The molecule has 4 rings (SSSR count). The molecule has 0 unspecified atom stereocenters. The monoisotopic (exact) mass is 512 g/mol. The summed E-state index contributed by atoms with van der Waals surface area (Å²) in [7, 11) is 1.55. The fourth-order valence-electron chi connectivity index (χ4n) is 4.31. The molecule has 0 saturated carbocycles.